The lowest BCUT2D eigenvalue weighted by Crippen LogP contribution is -2.26. The van der Waals surface area contributed by atoms with Crippen LogP contribution in [-0.2, 0) is 6.54 Å². The second-order valence-electron chi connectivity index (χ2n) is 8.23. The van der Waals surface area contributed by atoms with Gasteiger partial charge >= 0.3 is 0 Å². The fourth-order valence-electron chi connectivity index (χ4n) is 4.38. The molecule has 0 radical (unpaired) electrons. The molecule has 32 heavy (non-hydrogen) atoms. The van der Waals surface area contributed by atoms with E-state index in [1.54, 1.807) is 24.4 Å². The highest BCUT2D eigenvalue weighted by Gasteiger charge is 2.19. The van der Waals surface area contributed by atoms with E-state index in [1.807, 2.05) is 24.3 Å². The van der Waals surface area contributed by atoms with Crippen molar-refractivity contribution in [2.24, 2.45) is 0 Å². The quantitative estimate of drug-likeness (QED) is 0.404. The van der Waals surface area contributed by atoms with E-state index in [1.165, 1.54) is 11.8 Å². The first-order valence-corrected chi connectivity index (χ1v) is 10.9. The van der Waals surface area contributed by atoms with Gasteiger partial charge in [-0.25, -0.2) is 9.37 Å². The van der Waals surface area contributed by atoms with Crippen LogP contribution >= 0.6 is 0 Å². The topological polar surface area (TPSA) is 76.5 Å². The number of nitrogens with one attached hydrogen (secondary N) is 3. The van der Waals surface area contributed by atoms with Crippen molar-refractivity contribution in [3.8, 4) is 17.2 Å². The first kappa shape index (κ1) is 20.2. The molecule has 0 amide bonds. The van der Waals surface area contributed by atoms with Crippen molar-refractivity contribution < 1.29 is 4.39 Å². The molecule has 0 aliphatic carbocycles. The lowest BCUT2D eigenvalue weighted by atomic mass is 9.94. The number of aromatic amines is 1. The first-order valence-electron chi connectivity index (χ1n) is 10.9. The van der Waals surface area contributed by atoms with Crippen molar-refractivity contribution in [2.45, 2.75) is 25.3 Å². The molecule has 5 nitrogen and oxygen atoms in total. The maximum Gasteiger partial charge on any atom is 0.138 e. The second kappa shape index (κ2) is 8.81. The van der Waals surface area contributed by atoms with Crippen LogP contribution in [0.25, 0.3) is 22.2 Å². The predicted octanol–water partition coefficient (Wildman–Crippen LogP) is 5.32. The third-order valence-electron chi connectivity index (χ3n) is 6.17. The third-order valence-corrected chi connectivity index (χ3v) is 6.17. The van der Waals surface area contributed by atoms with Gasteiger partial charge in [-0.2, -0.15) is 5.26 Å². The van der Waals surface area contributed by atoms with Gasteiger partial charge in [-0.05, 0) is 79.5 Å². The Morgan fingerprint density at radius 2 is 1.84 bits per heavy atom. The van der Waals surface area contributed by atoms with Crippen molar-refractivity contribution in [1.29, 1.82) is 5.26 Å². The normalized spacial score (nSPS) is 14.4. The number of halogens is 1. The molecule has 6 heteroatoms. The van der Waals surface area contributed by atoms with Gasteiger partial charge in [0.1, 0.15) is 11.5 Å². The molecule has 0 atom stereocenters. The lowest BCUT2D eigenvalue weighted by molar-refractivity contribution is 0.455. The van der Waals surface area contributed by atoms with Crippen LogP contribution < -0.4 is 10.6 Å². The summed E-state index contributed by atoms with van der Waals surface area (Å²) in [6.07, 6.45) is 3.91. The predicted molar refractivity (Wildman–Crippen MR) is 125 cm³/mol. The molecule has 1 aliphatic rings. The molecule has 2 aromatic carbocycles. The summed E-state index contributed by atoms with van der Waals surface area (Å²) in [5.74, 6) is 0.217. The second-order valence-corrected chi connectivity index (χ2v) is 8.23. The molecular formula is C26H24FN5. The summed E-state index contributed by atoms with van der Waals surface area (Å²) in [4.78, 5) is 7.96. The summed E-state index contributed by atoms with van der Waals surface area (Å²) >= 11 is 0. The molecule has 0 saturated carbocycles. The van der Waals surface area contributed by atoms with Crippen LogP contribution in [0.4, 0.5) is 10.1 Å². The number of rotatable bonds is 5. The average Bonchev–Trinajstić information content (AvgIpc) is 3.29. The highest BCUT2D eigenvalue weighted by Crippen LogP contribution is 2.34. The molecule has 0 bridgehead atoms. The molecule has 160 valence electrons. The number of pyridine rings is 1. The van der Waals surface area contributed by atoms with Crippen LogP contribution in [0.2, 0.25) is 0 Å². The molecule has 5 rings (SSSR count). The Morgan fingerprint density at radius 1 is 1.03 bits per heavy atom. The van der Waals surface area contributed by atoms with Gasteiger partial charge < -0.3 is 15.6 Å². The minimum atomic E-state index is -0.258. The van der Waals surface area contributed by atoms with Gasteiger partial charge in [-0.1, -0.05) is 12.1 Å². The minimum Gasteiger partial charge on any atom is -0.381 e. The number of anilines is 1. The fourth-order valence-corrected chi connectivity index (χ4v) is 4.38. The highest BCUT2D eigenvalue weighted by atomic mass is 19.1. The van der Waals surface area contributed by atoms with E-state index in [2.05, 4.69) is 32.7 Å². The average molecular weight is 426 g/mol. The van der Waals surface area contributed by atoms with E-state index >= 15 is 0 Å². The number of hydrogen-bond acceptors (Lipinski definition) is 4. The number of aromatic nitrogens is 2. The van der Waals surface area contributed by atoms with Crippen molar-refractivity contribution >= 4 is 16.7 Å². The molecule has 4 aromatic rings. The van der Waals surface area contributed by atoms with Crippen molar-refractivity contribution in [3.05, 3.63) is 83.4 Å². The molecular weight excluding hydrogens is 401 g/mol. The van der Waals surface area contributed by atoms with Crippen LogP contribution in [-0.4, -0.2) is 23.1 Å². The van der Waals surface area contributed by atoms with E-state index in [4.69, 9.17) is 5.26 Å². The maximum atomic E-state index is 14.9. The zero-order valence-electron chi connectivity index (χ0n) is 17.7. The molecule has 1 aliphatic heterocycles. The molecule has 1 saturated heterocycles. The van der Waals surface area contributed by atoms with Gasteiger partial charge in [-0.15, -0.1) is 0 Å². The van der Waals surface area contributed by atoms with Crippen LogP contribution in [0.1, 0.15) is 35.6 Å². The summed E-state index contributed by atoms with van der Waals surface area (Å²) in [5, 5.41) is 16.6. The molecule has 0 spiro atoms. The zero-order chi connectivity index (χ0) is 21.9. The molecule has 0 unspecified atom stereocenters. The van der Waals surface area contributed by atoms with Crippen LogP contribution in [0, 0.1) is 17.1 Å². The number of hydrogen-bond donors (Lipinski definition) is 3. The largest absolute Gasteiger partial charge is 0.381 e. The summed E-state index contributed by atoms with van der Waals surface area (Å²) in [6, 6.07) is 18.7. The van der Waals surface area contributed by atoms with Crippen molar-refractivity contribution in [2.75, 3.05) is 18.4 Å². The Balaban J connectivity index is 1.43. The van der Waals surface area contributed by atoms with Crippen LogP contribution in [0.3, 0.4) is 0 Å². The summed E-state index contributed by atoms with van der Waals surface area (Å²) < 4.78 is 14.9. The van der Waals surface area contributed by atoms with Gasteiger partial charge in [0.05, 0.1) is 11.6 Å². The molecule has 1 fully saturated rings. The van der Waals surface area contributed by atoms with E-state index in [0.717, 1.165) is 53.8 Å². The van der Waals surface area contributed by atoms with E-state index in [-0.39, 0.29) is 5.82 Å². The summed E-state index contributed by atoms with van der Waals surface area (Å²) in [7, 11) is 0. The molecule has 3 N–H and O–H groups in total. The van der Waals surface area contributed by atoms with Gasteiger partial charge in [0, 0.05) is 41.0 Å². The standard InChI is InChI=1S/C26H24FN5/c27-24-6-5-20(31-16-18-3-1-17(15-28)2-4-18)13-22(24)21-9-12-30-26-23(21)14-25(32-26)19-7-10-29-11-8-19/h1-6,9,12-14,19,29,31H,7-8,10-11,16H2,(H,30,32). The van der Waals surface area contributed by atoms with Gasteiger partial charge in [0.25, 0.3) is 0 Å². The minimum absolute atomic E-state index is 0.258. The smallest absolute Gasteiger partial charge is 0.138 e. The number of nitriles is 1. The Bertz CT molecular complexity index is 1280. The summed E-state index contributed by atoms with van der Waals surface area (Å²) in [6.45, 7) is 2.62. The fraction of sp³-hybridized carbons (Fsp3) is 0.231. The van der Waals surface area contributed by atoms with E-state index < -0.39 is 0 Å². The van der Waals surface area contributed by atoms with Gasteiger partial charge in [0.15, 0.2) is 0 Å². The maximum absolute atomic E-state index is 14.9. The number of piperidine rings is 1. The monoisotopic (exact) mass is 425 g/mol. The first-order chi connectivity index (χ1) is 15.7. The Labute approximate surface area is 186 Å². The SMILES string of the molecule is N#Cc1ccc(CNc2ccc(F)c(-c3ccnc4[nH]c(C5CCNCC5)cc34)c2)cc1. The van der Waals surface area contributed by atoms with Crippen LogP contribution in [0.15, 0.2) is 60.8 Å². The van der Waals surface area contributed by atoms with E-state index in [0.29, 0.717) is 23.6 Å². The molecule has 3 heterocycles. The van der Waals surface area contributed by atoms with Gasteiger partial charge in [-0.3, -0.25) is 0 Å². The highest BCUT2D eigenvalue weighted by molar-refractivity contribution is 5.94. The summed E-state index contributed by atoms with van der Waals surface area (Å²) in [5.41, 5.74) is 5.89. The van der Waals surface area contributed by atoms with Crippen molar-refractivity contribution in [3.63, 3.8) is 0 Å². The molecule has 2 aromatic heterocycles. The Hall–Kier alpha value is -3.69. The number of nitrogens with zero attached hydrogens (tertiary/aromatic N) is 2. The van der Waals surface area contributed by atoms with Crippen LogP contribution in [0.5, 0.6) is 0 Å². The lowest BCUT2D eigenvalue weighted by Gasteiger charge is -2.21. The third kappa shape index (κ3) is 4.08. The number of H-pyrrole nitrogens is 1. The van der Waals surface area contributed by atoms with Crippen molar-refractivity contribution in [1.82, 2.24) is 15.3 Å². The number of fused-ring (bicyclic) bond motifs is 1. The van der Waals surface area contributed by atoms with Gasteiger partial charge in [0.2, 0.25) is 0 Å². The zero-order valence-corrected chi connectivity index (χ0v) is 17.7. The Kier molecular flexibility index (Phi) is 5.57. The van der Waals surface area contributed by atoms with E-state index in [9.17, 15) is 4.39 Å². The number of benzene rings is 2. The Morgan fingerprint density at radius 3 is 2.62 bits per heavy atom.